The summed E-state index contributed by atoms with van der Waals surface area (Å²) in [5.74, 6) is 0. The Balaban J connectivity index is 0.000000396. The van der Waals surface area contributed by atoms with Crippen molar-refractivity contribution in [1.82, 2.24) is 4.98 Å². The molecule has 2 nitrogen and oxygen atoms in total. The maximum atomic E-state index is 5.88. The van der Waals surface area contributed by atoms with E-state index in [1.165, 1.54) is 6.39 Å². The largest absolute Gasteiger partial charge is 0.443 e. The number of nitrogens with zero attached hydrogens (tertiary/aromatic N) is 1. The van der Waals surface area contributed by atoms with Crippen molar-refractivity contribution in [3.8, 4) is 0 Å². The number of oxazole rings is 1. The van der Waals surface area contributed by atoms with Crippen LogP contribution in [0.3, 0.4) is 0 Å². The van der Waals surface area contributed by atoms with Crippen LogP contribution in [0.2, 0.25) is 5.02 Å². The van der Waals surface area contributed by atoms with E-state index in [-0.39, 0.29) is 0 Å². The summed E-state index contributed by atoms with van der Waals surface area (Å²) < 4.78 is 5.08. The van der Waals surface area contributed by atoms with Crippen LogP contribution in [0.25, 0.3) is 11.1 Å². The van der Waals surface area contributed by atoms with E-state index in [1.807, 2.05) is 32.9 Å². The Kier molecular flexibility index (Phi) is 3.32. The molecule has 13 heavy (non-hydrogen) atoms. The summed E-state index contributed by atoms with van der Waals surface area (Å²) >= 11 is 5.88. The zero-order valence-electron chi connectivity index (χ0n) is 7.97. The molecule has 0 aliphatic heterocycles. The van der Waals surface area contributed by atoms with Gasteiger partial charge in [-0.25, -0.2) is 4.98 Å². The Morgan fingerprint density at radius 2 is 2.00 bits per heavy atom. The van der Waals surface area contributed by atoms with Gasteiger partial charge < -0.3 is 4.42 Å². The average Bonchev–Trinajstić information content (AvgIpc) is 2.55. The minimum atomic E-state index is 0.647. The molecule has 0 bridgehead atoms. The van der Waals surface area contributed by atoms with Crippen LogP contribution in [0.4, 0.5) is 0 Å². The Labute approximate surface area is 82.5 Å². The maximum Gasteiger partial charge on any atom is 0.182 e. The van der Waals surface area contributed by atoms with Gasteiger partial charge in [-0.15, -0.1) is 0 Å². The van der Waals surface area contributed by atoms with Gasteiger partial charge in [0.25, 0.3) is 0 Å². The third-order valence-corrected chi connectivity index (χ3v) is 1.82. The number of hydrogen-bond acceptors (Lipinski definition) is 2. The number of rotatable bonds is 0. The highest BCUT2D eigenvalue weighted by molar-refractivity contribution is 6.34. The number of aryl methyl sites for hydroxylation is 1. The number of benzene rings is 1. The van der Waals surface area contributed by atoms with E-state index < -0.39 is 0 Å². The average molecular weight is 198 g/mol. The predicted octanol–water partition coefficient (Wildman–Crippen LogP) is 3.82. The van der Waals surface area contributed by atoms with Crippen LogP contribution in [0, 0.1) is 6.92 Å². The minimum absolute atomic E-state index is 0.647. The van der Waals surface area contributed by atoms with Crippen molar-refractivity contribution in [2.45, 2.75) is 20.8 Å². The lowest BCUT2D eigenvalue weighted by Crippen LogP contribution is -1.73. The zero-order valence-corrected chi connectivity index (χ0v) is 8.72. The van der Waals surface area contributed by atoms with Gasteiger partial charge in [0.2, 0.25) is 0 Å². The quantitative estimate of drug-likeness (QED) is 0.642. The van der Waals surface area contributed by atoms with Crippen molar-refractivity contribution in [3.63, 3.8) is 0 Å². The molecule has 0 amide bonds. The van der Waals surface area contributed by atoms with E-state index in [4.69, 9.17) is 16.0 Å². The van der Waals surface area contributed by atoms with Crippen molar-refractivity contribution < 1.29 is 4.42 Å². The summed E-state index contributed by atoms with van der Waals surface area (Å²) in [6.45, 7) is 5.97. The van der Waals surface area contributed by atoms with Crippen LogP contribution in [0.1, 0.15) is 19.4 Å². The first kappa shape index (κ1) is 10.1. The summed E-state index contributed by atoms with van der Waals surface area (Å²) in [6.07, 6.45) is 1.40. The SMILES string of the molecule is CC.Cc1cc(Cl)c2ncoc2c1. The third kappa shape index (κ3) is 2.01. The van der Waals surface area contributed by atoms with Gasteiger partial charge in [-0.3, -0.25) is 0 Å². The molecule has 0 spiro atoms. The van der Waals surface area contributed by atoms with Gasteiger partial charge in [-0.2, -0.15) is 0 Å². The molecule has 1 aromatic heterocycles. The lowest BCUT2D eigenvalue weighted by molar-refractivity contribution is 0.602. The van der Waals surface area contributed by atoms with Crippen molar-refractivity contribution >= 4 is 22.7 Å². The first-order valence-electron chi connectivity index (χ1n) is 4.27. The van der Waals surface area contributed by atoms with Gasteiger partial charge in [0, 0.05) is 0 Å². The second-order valence-electron chi connectivity index (χ2n) is 2.45. The summed E-state index contributed by atoms with van der Waals surface area (Å²) in [5.41, 5.74) is 2.56. The molecule has 1 heterocycles. The topological polar surface area (TPSA) is 26.0 Å². The molecule has 0 atom stereocenters. The molecule has 0 saturated carbocycles. The summed E-state index contributed by atoms with van der Waals surface area (Å²) in [7, 11) is 0. The highest BCUT2D eigenvalue weighted by atomic mass is 35.5. The molecule has 0 aliphatic carbocycles. The second-order valence-corrected chi connectivity index (χ2v) is 2.85. The molecule has 2 aromatic rings. The standard InChI is InChI=1S/C8H6ClNO.C2H6/c1-5-2-6(9)8-7(3-5)11-4-10-8;1-2/h2-4H,1H3;1-2H3. The lowest BCUT2D eigenvalue weighted by atomic mass is 10.2. The molecule has 0 saturated heterocycles. The molecule has 2 rings (SSSR count). The van der Waals surface area contributed by atoms with Gasteiger partial charge in [0.1, 0.15) is 5.52 Å². The fraction of sp³-hybridized carbons (Fsp3) is 0.300. The summed E-state index contributed by atoms with van der Waals surface area (Å²) in [4.78, 5) is 3.96. The maximum absolute atomic E-state index is 5.88. The molecule has 0 unspecified atom stereocenters. The van der Waals surface area contributed by atoms with E-state index >= 15 is 0 Å². The van der Waals surface area contributed by atoms with Crippen LogP contribution >= 0.6 is 11.6 Å². The van der Waals surface area contributed by atoms with Crippen molar-refractivity contribution in [2.75, 3.05) is 0 Å². The number of hydrogen-bond donors (Lipinski definition) is 0. The molecule has 3 heteroatoms. The van der Waals surface area contributed by atoms with Gasteiger partial charge in [-0.05, 0) is 24.6 Å². The van der Waals surface area contributed by atoms with Crippen molar-refractivity contribution in [3.05, 3.63) is 29.1 Å². The van der Waals surface area contributed by atoms with E-state index in [0.717, 1.165) is 16.7 Å². The number of halogens is 1. The van der Waals surface area contributed by atoms with Crippen LogP contribution in [-0.4, -0.2) is 4.98 Å². The van der Waals surface area contributed by atoms with E-state index in [0.29, 0.717) is 5.02 Å². The minimum Gasteiger partial charge on any atom is -0.443 e. The normalized spacial score (nSPS) is 9.54. The Bertz CT molecular complexity index is 395. The molecule has 70 valence electrons. The molecule has 0 fully saturated rings. The molecule has 0 radical (unpaired) electrons. The van der Waals surface area contributed by atoms with Gasteiger partial charge in [0.05, 0.1) is 5.02 Å². The highest BCUT2D eigenvalue weighted by Gasteiger charge is 2.02. The fourth-order valence-electron chi connectivity index (χ4n) is 1.05. The zero-order chi connectivity index (χ0) is 9.84. The first-order chi connectivity index (χ1) is 6.27. The molecule has 0 aliphatic rings. The molecular formula is C10H12ClNO. The summed E-state index contributed by atoms with van der Waals surface area (Å²) in [6, 6.07) is 3.78. The Hall–Kier alpha value is -1.02. The smallest absolute Gasteiger partial charge is 0.182 e. The van der Waals surface area contributed by atoms with Crippen LogP contribution in [0.15, 0.2) is 22.9 Å². The molecular weight excluding hydrogens is 186 g/mol. The van der Waals surface area contributed by atoms with Gasteiger partial charge >= 0.3 is 0 Å². The van der Waals surface area contributed by atoms with Crippen LogP contribution in [-0.2, 0) is 0 Å². The van der Waals surface area contributed by atoms with Gasteiger partial charge in [0.15, 0.2) is 12.0 Å². The van der Waals surface area contributed by atoms with Crippen molar-refractivity contribution in [2.24, 2.45) is 0 Å². The monoisotopic (exact) mass is 197 g/mol. The first-order valence-corrected chi connectivity index (χ1v) is 4.64. The summed E-state index contributed by atoms with van der Waals surface area (Å²) in [5, 5.41) is 0.647. The Morgan fingerprint density at radius 1 is 1.31 bits per heavy atom. The van der Waals surface area contributed by atoms with Gasteiger partial charge in [-0.1, -0.05) is 25.4 Å². The third-order valence-electron chi connectivity index (χ3n) is 1.53. The van der Waals surface area contributed by atoms with Crippen molar-refractivity contribution in [1.29, 1.82) is 0 Å². The number of aromatic nitrogens is 1. The highest BCUT2D eigenvalue weighted by Crippen LogP contribution is 2.23. The fourth-order valence-corrected chi connectivity index (χ4v) is 1.37. The second kappa shape index (κ2) is 4.28. The molecule has 0 N–H and O–H groups in total. The predicted molar refractivity (Wildman–Crippen MR) is 55.1 cm³/mol. The van der Waals surface area contributed by atoms with Crippen LogP contribution in [0.5, 0.6) is 0 Å². The molecule has 1 aromatic carbocycles. The van der Waals surface area contributed by atoms with E-state index in [1.54, 1.807) is 0 Å². The van der Waals surface area contributed by atoms with Crippen LogP contribution < -0.4 is 0 Å². The Morgan fingerprint density at radius 3 is 2.69 bits per heavy atom. The van der Waals surface area contributed by atoms with E-state index in [9.17, 15) is 0 Å². The lowest BCUT2D eigenvalue weighted by Gasteiger charge is -1.92. The van der Waals surface area contributed by atoms with E-state index in [2.05, 4.69) is 4.98 Å². The number of fused-ring (bicyclic) bond motifs is 1.